The fourth-order valence-electron chi connectivity index (χ4n) is 3.46. The summed E-state index contributed by atoms with van der Waals surface area (Å²) in [6.45, 7) is 0.440. The molecule has 1 aliphatic rings. The third-order valence-corrected chi connectivity index (χ3v) is 4.89. The molecule has 1 atom stereocenters. The summed E-state index contributed by atoms with van der Waals surface area (Å²) in [6.07, 6.45) is 3.32. The van der Waals surface area contributed by atoms with Crippen LogP contribution in [0.4, 0.5) is 0 Å². The fourth-order valence-corrected chi connectivity index (χ4v) is 3.46. The normalized spacial score (nSPS) is 14.8. The van der Waals surface area contributed by atoms with Gasteiger partial charge < -0.3 is 10.1 Å². The van der Waals surface area contributed by atoms with E-state index in [9.17, 15) is 9.59 Å². The molecule has 0 radical (unpaired) electrons. The van der Waals surface area contributed by atoms with Gasteiger partial charge in [0, 0.05) is 36.7 Å². The second-order valence-electron chi connectivity index (χ2n) is 6.65. The number of hydrogen-bond acceptors (Lipinski definition) is 5. The van der Waals surface area contributed by atoms with Crippen LogP contribution in [0.15, 0.2) is 60.9 Å². The molecule has 28 heavy (non-hydrogen) atoms. The number of ketones is 1. The smallest absolute Gasteiger partial charge is 0.254 e. The van der Waals surface area contributed by atoms with Crippen molar-refractivity contribution >= 4 is 11.7 Å². The van der Waals surface area contributed by atoms with Crippen LogP contribution in [0.5, 0.6) is 5.75 Å². The number of benzene rings is 2. The van der Waals surface area contributed by atoms with Gasteiger partial charge in [0.25, 0.3) is 5.91 Å². The van der Waals surface area contributed by atoms with Crippen molar-refractivity contribution < 1.29 is 14.3 Å². The zero-order valence-electron chi connectivity index (χ0n) is 15.4. The quantitative estimate of drug-likeness (QED) is 0.696. The Balaban J connectivity index is 1.76. The van der Waals surface area contributed by atoms with E-state index in [1.54, 1.807) is 31.6 Å². The van der Waals surface area contributed by atoms with Crippen molar-refractivity contribution in [2.45, 2.75) is 12.3 Å². The number of ether oxygens (including phenoxy) is 1. The van der Waals surface area contributed by atoms with Crippen molar-refractivity contribution in [1.29, 1.82) is 0 Å². The molecule has 1 aliphatic heterocycles. The van der Waals surface area contributed by atoms with Crippen LogP contribution in [-0.2, 0) is 6.42 Å². The lowest BCUT2D eigenvalue weighted by Gasteiger charge is -2.12. The van der Waals surface area contributed by atoms with Gasteiger partial charge in [-0.25, -0.2) is 0 Å². The van der Waals surface area contributed by atoms with Crippen molar-refractivity contribution in [1.82, 2.24) is 15.5 Å². The molecule has 2 heterocycles. The van der Waals surface area contributed by atoms with Gasteiger partial charge in [-0.15, -0.1) is 0 Å². The first kappa shape index (κ1) is 17.9. The first-order valence-corrected chi connectivity index (χ1v) is 9.04. The van der Waals surface area contributed by atoms with Gasteiger partial charge in [-0.3, -0.25) is 9.59 Å². The largest absolute Gasteiger partial charge is 0.491 e. The Bertz CT molecular complexity index is 1020. The van der Waals surface area contributed by atoms with Crippen molar-refractivity contribution in [3.8, 4) is 5.75 Å². The van der Waals surface area contributed by atoms with Gasteiger partial charge in [0.1, 0.15) is 5.75 Å². The molecule has 1 aromatic heterocycles. The van der Waals surface area contributed by atoms with E-state index < -0.39 is 0 Å². The zero-order valence-corrected chi connectivity index (χ0v) is 15.4. The Hall–Kier alpha value is -3.54. The van der Waals surface area contributed by atoms with E-state index >= 15 is 0 Å². The van der Waals surface area contributed by atoms with E-state index in [2.05, 4.69) is 15.5 Å². The maximum Gasteiger partial charge on any atom is 0.254 e. The molecule has 1 amide bonds. The van der Waals surface area contributed by atoms with Crippen molar-refractivity contribution in [2.24, 2.45) is 0 Å². The van der Waals surface area contributed by atoms with Crippen molar-refractivity contribution in [2.75, 3.05) is 13.7 Å². The summed E-state index contributed by atoms with van der Waals surface area (Å²) < 4.78 is 5.88. The van der Waals surface area contributed by atoms with Crippen LogP contribution in [0.25, 0.3) is 0 Å². The minimum absolute atomic E-state index is 0.0186. The first-order valence-electron chi connectivity index (χ1n) is 9.04. The van der Waals surface area contributed by atoms with Crippen molar-refractivity contribution in [3.63, 3.8) is 0 Å². The van der Waals surface area contributed by atoms with E-state index in [0.29, 0.717) is 23.5 Å². The number of fused-ring (bicyclic) bond motifs is 1. The Morgan fingerprint density at radius 3 is 2.68 bits per heavy atom. The topological polar surface area (TPSA) is 81.2 Å². The molecule has 0 fully saturated rings. The molecule has 3 aromatic rings. The molecule has 1 N–H and O–H groups in total. The minimum atomic E-state index is -0.273. The van der Waals surface area contributed by atoms with Gasteiger partial charge in [0.15, 0.2) is 5.78 Å². The average molecular weight is 373 g/mol. The minimum Gasteiger partial charge on any atom is -0.491 e. The lowest BCUT2D eigenvalue weighted by molar-refractivity contribution is 0.0960. The molecule has 6 heteroatoms. The molecule has 2 aromatic carbocycles. The third-order valence-electron chi connectivity index (χ3n) is 4.89. The molecule has 4 rings (SSSR count). The van der Waals surface area contributed by atoms with Crippen LogP contribution in [0.2, 0.25) is 0 Å². The van der Waals surface area contributed by atoms with Gasteiger partial charge in [-0.2, -0.15) is 10.2 Å². The summed E-state index contributed by atoms with van der Waals surface area (Å²) >= 11 is 0. The maximum absolute atomic E-state index is 12.9. The third kappa shape index (κ3) is 3.36. The number of nitrogens with one attached hydrogen (secondary N) is 1. The summed E-state index contributed by atoms with van der Waals surface area (Å²) in [7, 11) is 1.56. The van der Waals surface area contributed by atoms with Crippen LogP contribution < -0.4 is 10.1 Å². The standard InChI is InChI=1S/C22H19N3O3/c1-23-22(27)18-11-16(20(26)9-14-7-8-24-25-12-14)10-17-19(13-28-21(17)18)15-5-3-2-4-6-15/h2-8,10-12,19H,9,13H2,1H3,(H,23,27). The molecule has 0 saturated heterocycles. The van der Waals surface area contributed by atoms with Crippen LogP contribution in [0, 0.1) is 0 Å². The molecule has 0 bridgehead atoms. The number of rotatable bonds is 5. The number of Topliss-reactive ketones (excluding diaryl/α,β-unsaturated/α-hetero) is 1. The van der Waals surface area contributed by atoms with Crippen LogP contribution >= 0.6 is 0 Å². The van der Waals surface area contributed by atoms with Crippen LogP contribution in [0.1, 0.15) is 43.3 Å². The molecular weight excluding hydrogens is 354 g/mol. The fraction of sp³-hybridized carbons (Fsp3) is 0.182. The summed E-state index contributed by atoms with van der Waals surface area (Å²) in [6, 6.07) is 15.2. The van der Waals surface area contributed by atoms with Gasteiger partial charge in [-0.05, 0) is 29.3 Å². The number of carbonyl (C=O) groups is 2. The first-order chi connectivity index (χ1) is 13.7. The monoisotopic (exact) mass is 373 g/mol. The summed E-state index contributed by atoms with van der Waals surface area (Å²) in [5.74, 6) is 0.176. The van der Waals surface area contributed by atoms with Gasteiger partial charge >= 0.3 is 0 Å². The molecule has 0 aliphatic carbocycles. The average Bonchev–Trinajstić information content (AvgIpc) is 3.18. The lowest BCUT2D eigenvalue weighted by Crippen LogP contribution is -2.19. The van der Waals surface area contributed by atoms with E-state index in [0.717, 1.165) is 16.7 Å². The molecule has 0 saturated carbocycles. The summed E-state index contributed by atoms with van der Waals surface area (Å²) in [4.78, 5) is 25.3. The molecular formula is C22H19N3O3. The highest BCUT2D eigenvalue weighted by atomic mass is 16.5. The van der Waals surface area contributed by atoms with Crippen molar-refractivity contribution in [3.05, 3.63) is 88.7 Å². The summed E-state index contributed by atoms with van der Waals surface area (Å²) in [5, 5.41) is 10.2. The molecule has 140 valence electrons. The maximum atomic E-state index is 12.9. The van der Waals surface area contributed by atoms with E-state index in [-0.39, 0.29) is 24.0 Å². The number of amides is 1. The SMILES string of the molecule is CNC(=O)c1cc(C(=O)Cc2ccnnc2)cc2c1OCC2c1ccccc1. The van der Waals surface area contributed by atoms with Crippen LogP contribution in [0.3, 0.4) is 0 Å². The Morgan fingerprint density at radius 2 is 1.96 bits per heavy atom. The molecule has 1 unspecified atom stereocenters. The number of nitrogens with zero attached hydrogens (tertiary/aromatic N) is 2. The number of carbonyl (C=O) groups excluding carboxylic acids is 2. The van der Waals surface area contributed by atoms with Gasteiger partial charge in [0.2, 0.25) is 0 Å². The number of aromatic nitrogens is 2. The lowest BCUT2D eigenvalue weighted by atomic mass is 9.89. The second kappa shape index (κ2) is 7.60. The Labute approximate surface area is 162 Å². The number of hydrogen-bond donors (Lipinski definition) is 1. The predicted octanol–water partition coefficient (Wildman–Crippen LogP) is 2.79. The molecule has 0 spiro atoms. The van der Waals surface area contributed by atoms with E-state index in [1.807, 2.05) is 36.4 Å². The second-order valence-corrected chi connectivity index (χ2v) is 6.65. The predicted molar refractivity (Wildman–Crippen MR) is 104 cm³/mol. The zero-order chi connectivity index (χ0) is 19.5. The molecule has 6 nitrogen and oxygen atoms in total. The Kier molecular flexibility index (Phi) is 4.85. The summed E-state index contributed by atoms with van der Waals surface area (Å²) in [5.41, 5.74) is 3.60. The van der Waals surface area contributed by atoms with Gasteiger partial charge in [0.05, 0.1) is 18.4 Å². The highest BCUT2D eigenvalue weighted by molar-refractivity contribution is 6.03. The van der Waals surface area contributed by atoms with E-state index in [1.165, 1.54) is 0 Å². The highest BCUT2D eigenvalue weighted by Gasteiger charge is 2.31. The Morgan fingerprint density at radius 1 is 1.14 bits per heavy atom. The van der Waals surface area contributed by atoms with Crippen LogP contribution in [-0.4, -0.2) is 35.5 Å². The van der Waals surface area contributed by atoms with Gasteiger partial charge in [-0.1, -0.05) is 30.3 Å². The highest BCUT2D eigenvalue weighted by Crippen LogP contribution is 2.41. The van der Waals surface area contributed by atoms with E-state index in [4.69, 9.17) is 4.74 Å².